The Kier molecular flexibility index (Phi) is 5.47. The fourth-order valence-electron chi connectivity index (χ4n) is 4.70. The van der Waals surface area contributed by atoms with Crippen LogP contribution in [0.15, 0.2) is 6.07 Å². The van der Waals surface area contributed by atoms with Crippen LogP contribution in [0.4, 0.5) is 5.82 Å². The van der Waals surface area contributed by atoms with Crippen LogP contribution in [-0.4, -0.2) is 72.1 Å². The molecular formula is C21H31N5O2. The van der Waals surface area contributed by atoms with Crippen LogP contribution in [0.2, 0.25) is 0 Å². The van der Waals surface area contributed by atoms with Gasteiger partial charge < -0.3 is 14.8 Å². The zero-order valence-electron chi connectivity index (χ0n) is 16.7. The minimum absolute atomic E-state index is 0.494. The summed E-state index contributed by atoms with van der Waals surface area (Å²) in [5, 5.41) is 8.75. The lowest BCUT2D eigenvalue weighted by Crippen LogP contribution is -2.39. The van der Waals surface area contributed by atoms with E-state index in [1.807, 2.05) is 0 Å². The van der Waals surface area contributed by atoms with Crippen LogP contribution in [0.25, 0.3) is 5.65 Å². The van der Waals surface area contributed by atoms with Gasteiger partial charge in [-0.25, -0.2) is 4.98 Å². The SMILES string of the molecule is c1c(C2CCOCC2)nn2c(NCCN3CCOCC3)c3c(nc12)CCCC3. The predicted molar refractivity (Wildman–Crippen MR) is 108 cm³/mol. The fraction of sp³-hybridized carbons (Fsp3) is 0.714. The standard InChI is InChI=1S/C21H31N5O2/c1-2-4-18-17(3-1)21(22-7-8-25-9-13-28-14-10-25)26-20(23-18)15-19(24-26)16-5-11-27-12-6-16/h15-16,22H,1-14H2. The van der Waals surface area contributed by atoms with Gasteiger partial charge in [0.1, 0.15) is 5.82 Å². The van der Waals surface area contributed by atoms with Crippen molar-refractivity contribution >= 4 is 11.5 Å². The monoisotopic (exact) mass is 385 g/mol. The van der Waals surface area contributed by atoms with Gasteiger partial charge in [-0.15, -0.1) is 0 Å². The second-order valence-corrected chi connectivity index (χ2v) is 8.20. The van der Waals surface area contributed by atoms with E-state index in [9.17, 15) is 0 Å². The molecule has 1 aliphatic carbocycles. The first-order valence-electron chi connectivity index (χ1n) is 10.9. The van der Waals surface area contributed by atoms with Crippen LogP contribution < -0.4 is 5.32 Å². The molecule has 1 N–H and O–H groups in total. The number of rotatable bonds is 5. The molecule has 0 bridgehead atoms. The molecule has 7 nitrogen and oxygen atoms in total. The Morgan fingerprint density at radius 3 is 2.68 bits per heavy atom. The summed E-state index contributed by atoms with van der Waals surface area (Å²) in [7, 11) is 0. The highest BCUT2D eigenvalue weighted by Gasteiger charge is 2.23. The lowest BCUT2D eigenvalue weighted by Gasteiger charge is -2.27. The average Bonchev–Trinajstić information content (AvgIpc) is 3.18. The zero-order chi connectivity index (χ0) is 18.8. The number of fused-ring (bicyclic) bond motifs is 2. The molecule has 152 valence electrons. The Balaban J connectivity index is 1.41. The Labute approximate surface area is 166 Å². The summed E-state index contributed by atoms with van der Waals surface area (Å²) in [6, 6.07) is 2.21. The molecule has 2 aromatic heterocycles. The van der Waals surface area contributed by atoms with Gasteiger partial charge in [0.25, 0.3) is 0 Å². The molecule has 5 rings (SSSR count). The second kappa shape index (κ2) is 8.35. The van der Waals surface area contributed by atoms with E-state index in [0.29, 0.717) is 5.92 Å². The lowest BCUT2D eigenvalue weighted by molar-refractivity contribution is 0.0398. The van der Waals surface area contributed by atoms with Crippen LogP contribution in [0, 0.1) is 0 Å². The third-order valence-electron chi connectivity index (χ3n) is 6.36. The zero-order valence-corrected chi connectivity index (χ0v) is 16.7. The Bertz CT molecular complexity index is 809. The van der Waals surface area contributed by atoms with Crippen molar-refractivity contribution in [3.8, 4) is 0 Å². The van der Waals surface area contributed by atoms with Gasteiger partial charge in [0.2, 0.25) is 0 Å². The van der Waals surface area contributed by atoms with Gasteiger partial charge in [0.15, 0.2) is 5.65 Å². The number of ether oxygens (including phenoxy) is 2. The van der Waals surface area contributed by atoms with Crippen LogP contribution in [0.3, 0.4) is 0 Å². The third-order valence-corrected chi connectivity index (χ3v) is 6.36. The maximum absolute atomic E-state index is 5.53. The van der Waals surface area contributed by atoms with Crippen molar-refractivity contribution in [2.24, 2.45) is 0 Å². The molecule has 7 heteroatoms. The van der Waals surface area contributed by atoms with Crippen molar-refractivity contribution in [2.75, 3.05) is 57.9 Å². The van der Waals surface area contributed by atoms with Crippen molar-refractivity contribution < 1.29 is 9.47 Å². The number of hydrogen-bond donors (Lipinski definition) is 1. The quantitative estimate of drug-likeness (QED) is 0.852. The molecule has 3 aliphatic rings. The summed E-state index contributed by atoms with van der Waals surface area (Å²) in [6.07, 6.45) is 6.79. The topological polar surface area (TPSA) is 63.9 Å². The maximum atomic E-state index is 5.53. The number of morpholine rings is 1. The van der Waals surface area contributed by atoms with Gasteiger partial charge >= 0.3 is 0 Å². The van der Waals surface area contributed by atoms with Crippen LogP contribution in [-0.2, 0) is 22.3 Å². The normalized spacial score (nSPS) is 21.7. The second-order valence-electron chi connectivity index (χ2n) is 8.20. The summed E-state index contributed by atoms with van der Waals surface area (Å²) in [4.78, 5) is 7.46. The lowest BCUT2D eigenvalue weighted by atomic mass is 9.96. The molecule has 0 amide bonds. The molecule has 28 heavy (non-hydrogen) atoms. The molecule has 2 saturated heterocycles. The number of nitrogens with one attached hydrogen (secondary N) is 1. The van der Waals surface area contributed by atoms with E-state index >= 15 is 0 Å². The van der Waals surface area contributed by atoms with E-state index in [1.165, 1.54) is 35.6 Å². The molecule has 0 saturated carbocycles. The fourth-order valence-corrected chi connectivity index (χ4v) is 4.70. The largest absolute Gasteiger partial charge is 0.381 e. The van der Waals surface area contributed by atoms with Gasteiger partial charge in [-0.3, -0.25) is 4.90 Å². The Hall–Kier alpha value is -1.70. The Morgan fingerprint density at radius 2 is 1.82 bits per heavy atom. The van der Waals surface area contributed by atoms with Crippen molar-refractivity contribution in [3.63, 3.8) is 0 Å². The van der Waals surface area contributed by atoms with Gasteiger partial charge in [0.05, 0.1) is 18.9 Å². The minimum atomic E-state index is 0.494. The number of anilines is 1. The molecule has 2 fully saturated rings. The summed E-state index contributed by atoms with van der Waals surface area (Å²) >= 11 is 0. The molecule has 0 unspecified atom stereocenters. The number of aromatic nitrogens is 3. The highest BCUT2D eigenvalue weighted by molar-refractivity contribution is 5.57. The Morgan fingerprint density at radius 1 is 1.04 bits per heavy atom. The number of aryl methyl sites for hydroxylation is 1. The molecule has 0 spiro atoms. The highest BCUT2D eigenvalue weighted by atomic mass is 16.5. The highest BCUT2D eigenvalue weighted by Crippen LogP contribution is 2.31. The van der Waals surface area contributed by atoms with E-state index in [0.717, 1.165) is 83.9 Å². The van der Waals surface area contributed by atoms with E-state index in [-0.39, 0.29) is 0 Å². The third kappa shape index (κ3) is 3.75. The van der Waals surface area contributed by atoms with E-state index in [4.69, 9.17) is 19.6 Å². The first-order chi connectivity index (χ1) is 13.9. The van der Waals surface area contributed by atoms with E-state index < -0.39 is 0 Å². The number of nitrogens with zero attached hydrogens (tertiary/aromatic N) is 4. The molecule has 4 heterocycles. The summed E-state index contributed by atoms with van der Waals surface area (Å²) in [5.41, 5.74) is 4.82. The molecular weight excluding hydrogens is 354 g/mol. The van der Waals surface area contributed by atoms with E-state index in [2.05, 4.69) is 20.8 Å². The summed E-state index contributed by atoms with van der Waals surface area (Å²) < 4.78 is 13.1. The van der Waals surface area contributed by atoms with Crippen LogP contribution in [0.5, 0.6) is 0 Å². The molecule has 0 atom stereocenters. The van der Waals surface area contributed by atoms with Gasteiger partial charge in [0, 0.05) is 62.6 Å². The number of hydrogen-bond acceptors (Lipinski definition) is 6. The van der Waals surface area contributed by atoms with Crippen molar-refractivity contribution in [1.82, 2.24) is 19.5 Å². The first-order valence-corrected chi connectivity index (χ1v) is 10.9. The molecule has 0 aromatic carbocycles. The van der Waals surface area contributed by atoms with Crippen molar-refractivity contribution in [3.05, 3.63) is 23.0 Å². The minimum Gasteiger partial charge on any atom is -0.381 e. The molecule has 2 aliphatic heterocycles. The maximum Gasteiger partial charge on any atom is 0.157 e. The predicted octanol–water partition coefficient (Wildman–Crippen LogP) is 2.25. The van der Waals surface area contributed by atoms with Crippen LogP contribution in [0.1, 0.15) is 48.6 Å². The van der Waals surface area contributed by atoms with Gasteiger partial charge in [-0.05, 0) is 38.5 Å². The van der Waals surface area contributed by atoms with Crippen molar-refractivity contribution in [1.29, 1.82) is 0 Å². The smallest absolute Gasteiger partial charge is 0.157 e. The summed E-state index contributed by atoms with van der Waals surface area (Å²) in [5.74, 6) is 1.67. The molecule has 2 aromatic rings. The average molecular weight is 386 g/mol. The van der Waals surface area contributed by atoms with Gasteiger partial charge in [-0.2, -0.15) is 9.61 Å². The van der Waals surface area contributed by atoms with E-state index in [1.54, 1.807) is 0 Å². The first kappa shape index (κ1) is 18.3. The van der Waals surface area contributed by atoms with Crippen molar-refractivity contribution in [2.45, 2.75) is 44.4 Å². The summed E-state index contributed by atoms with van der Waals surface area (Å²) in [6.45, 7) is 7.40. The molecule has 0 radical (unpaired) electrons. The van der Waals surface area contributed by atoms with Crippen LogP contribution >= 0.6 is 0 Å². The van der Waals surface area contributed by atoms with Gasteiger partial charge in [-0.1, -0.05) is 0 Å².